The Labute approximate surface area is 77.9 Å². The highest BCUT2D eigenvalue weighted by atomic mass is 79.9. The third-order valence-electron chi connectivity index (χ3n) is 1.62. The van der Waals surface area contributed by atoms with Crippen molar-refractivity contribution in [1.82, 2.24) is 3.26 Å². The molecule has 10 heavy (non-hydrogen) atoms. The van der Waals surface area contributed by atoms with Crippen molar-refractivity contribution in [2.45, 2.75) is 32.7 Å². The van der Waals surface area contributed by atoms with Gasteiger partial charge in [0.05, 0.1) is 8.48 Å². The van der Waals surface area contributed by atoms with Gasteiger partial charge in [-0.2, -0.15) is 0 Å². The van der Waals surface area contributed by atoms with Crippen LogP contribution in [0.15, 0.2) is 0 Å². The molecule has 1 atom stereocenters. The van der Waals surface area contributed by atoms with Gasteiger partial charge >= 0.3 is 0 Å². The van der Waals surface area contributed by atoms with Gasteiger partial charge in [-0.1, -0.05) is 32.7 Å². The topological polar surface area (TPSA) is 3.24 Å². The van der Waals surface area contributed by atoms with Gasteiger partial charge in [0.2, 0.25) is 0 Å². The Bertz CT molecular complexity index is 104. The molecule has 0 aromatic rings. The minimum atomic E-state index is -0.998. The molecule has 0 N–H and O–H groups in total. The van der Waals surface area contributed by atoms with E-state index in [4.69, 9.17) is 0 Å². The van der Waals surface area contributed by atoms with E-state index in [1.807, 2.05) is 0 Å². The molecule has 1 unspecified atom stereocenters. The van der Waals surface area contributed by atoms with E-state index in [1.165, 1.54) is 0 Å². The van der Waals surface area contributed by atoms with Crippen molar-refractivity contribution in [2.75, 3.05) is 0 Å². The maximum Gasteiger partial charge on any atom is 0.123 e. The van der Waals surface area contributed by atoms with Gasteiger partial charge in [-0.05, 0) is 16.1 Å². The van der Waals surface area contributed by atoms with Gasteiger partial charge in [0.15, 0.2) is 0 Å². The quantitative estimate of drug-likeness (QED) is 0.546. The molecule has 0 aliphatic heterocycles. The average molecular weight is 256 g/mol. The zero-order chi connectivity index (χ0) is 8.36. The smallest absolute Gasteiger partial charge is 0.123 e. The van der Waals surface area contributed by atoms with Crippen LogP contribution in [0.4, 0.5) is 0 Å². The van der Waals surface area contributed by atoms with Crippen LogP contribution in [0.25, 0.3) is 0 Å². The van der Waals surface area contributed by atoms with Crippen LogP contribution in [0.1, 0.15) is 0 Å². The molecular formula is C5H18BrNSi3. The van der Waals surface area contributed by atoms with Gasteiger partial charge in [0.25, 0.3) is 0 Å². The summed E-state index contributed by atoms with van der Waals surface area (Å²) in [6, 6.07) is 0. The number of hydrogen-bond donors (Lipinski definition) is 0. The van der Waals surface area contributed by atoms with Gasteiger partial charge < -0.3 is 0 Å². The molecule has 0 rings (SSSR count). The highest BCUT2D eigenvalue weighted by Gasteiger charge is 2.25. The monoisotopic (exact) mass is 255 g/mol. The zero-order valence-electron chi connectivity index (χ0n) is 7.61. The van der Waals surface area contributed by atoms with Crippen LogP contribution in [0, 0.1) is 0 Å². The molecular weight excluding hydrogens is 238 g/mol. The van der Waals surface area contributed by atoms with Crippen LogP contribution in [0.3, 0.4) is 0 Å². The lowest BCUT2D eigenvalue weighted by atomic mass is 11.8. The first-order chi connectivity index (χ1) is 4.39. The molecule has 0 amide bonds. The van der Waals surface area contributed by atoms with Crippen molar-refractivity contribution >= 4 is 41.9 Å². The first-order valence-electron chi connectivity index (χ1n) is 3.84. The van der Waals surface area contributed by atoms with E-state index in [9.17, 15) is 0 Å². The Kier molecular flexibility index (Phi) is 4.66. The molecule has 0 saturated heterocycles. The fourth-order valence-electron chi connectivity index (χ4n) is 0.821. The van der Waals surface area contributed by atoms with E-state index in [-0.39, 0.29) is 9.04 Å². The molecule has 0 saturated carbocycles. The van der Waals surface area contributed by atoms with Gasteiger partial charge in [-0.15, -0.1) is 0 Å². The fourth-order valence-corrected chi connectivity index (χ4v) is 16.6. The van der Waals surface area contributed by atoms with Crippen LogP contribution < -0.4 is 0 Å². The predicted octanol–water partition coefficient (Wildman–Crippen LogP) is 1.50. The van der Waals surface area contributed by atoms with Gasteiger partial charge in [-0.3, -0.25) is 3.26 Å². The summed E-state index contributed by atoms with van der Waals surface area (Å²) in [4.78, 5) is 0. The van der Waals surface area contributed by atoms with Crippen molar-refractivity contribution in [3.05, 3.63) is 0 Å². The summed E-state index contributed by atoms with van der Waals surface area (Å²) in [7, 11) is -1.18. The normalized spacial score (nSPS) is 17.1. The van der Waals surface area contributed by atoms with Crippen molar-refractivity contribution in [2.24, 2.45) is 0 Å². The molecule has 62 valence electrons. The molecule has 0 fully saturated rings. The zero-order valence-corrected chi connectivity index (χ0v) is 12.8. The summed E-state index contributed by atoms with van der Waals surface area (Å²) in [5, 5.41) is 0. The van der Waals surface area contributed by atoms with Gasteiger partial charge in [-0.25, -0.2) is 0 Å². The molecule has 0 spiro atoms. The van der Waals surface area contributed by atoms with Gasteiger partial charge in [0.1, 0.15) is 8.24 Å². The second-order valence-corrected chi connectivity index (χ2v) is 20.3. The third kappa shape index (κ3) is 3.47. The fraction of sp³-hybridized carbons (Fsp3) is 1.00. The summed E-state index contributed by atoms with van der Waals surface area (Å²) in [6.07, 6.45) is 0. The Balaban J connectivity index is 3.94. The number of hydrogen-bond acceptors (Lipinski definition) is 1. The lowest BCUT2D eigenvalue weighted by molar-refractivity contribution is 1.09. The molecule has 1 nitrogen and oxygen atoms in total. The highest BCUT2D eigenvalue weighted by Crippen LogP contribution is 2.15. The standard InChI is InChI=1S/C5H18BrNSi3/c1-8-9(2)7(6)10(3,4)5/h9H,8H2,1-5H3. The molecule has 0 aromatic carbocycles. The van der Waals surface area contributed by atoms with Crippen LogP contribution in [0.5, 0.6) is 0 Å². The molecule has 0 bridgehead atoms. The predicted molar refractivity (Wildman–Crippen MR) is 61.5 cm³/mol. The largest absolute Gasteiger partial charge is 0.290 e. The first kappa shape index (κ1) is 11.1. The third-order valence-corrected chi connectivity index (χ3v) is 21.1. The number of rotatable bonds is 3. The van der Waals surface area contributed by atoms with E-state index in [2.05, 4.69) is 52.1 Å². The summed E-state index contributed by atoms with van der Waals surface area (Å²) in [5.41, 5.74) is 0. The SMILES string of the molecule is C[SiH2][SiH](C)N(Br)[Si](C)(C)C. The number of halogens is 1. The minimum Gasteiger partial charge on any atom is -0.290 e. The lowest BCUT2D eigenvalue weighted by Gasteiger charge is -2.31. The van der Waals surface area contributed by atoms with E-state index < -0.39 is 16.7 Å². The van der Waals surface area contributed by atoms with Gasteiger partial charge in [0, 0.05) is 9.04 Å². The Morgan fingerprint density at radius 2 is 1.80 bits per heavy atom. The van der Waals surface area contributed by atoms with E-state index in [1.54, 1.807) is 0 Å². The highest BCUT2D eigenvalue weighted by molar-refractivity contribution is 9.08. The Morgan fingerprint density at radius 3 is 1.90 bits per heavy atom. The van der Waals surface area contributed by atoms with Crippen LogP contribution >= 0.6 is 16.1 Å². The lowest BCUT2D eigenvalue weighted by Crippen LogP contribution is -2.49. The Hall–Kier alpha value is 1.09. The molecule has 0 heterocycles. The van der Waals surface area contributed by atoms with Crippen LogP contribution in [-0.4, -0.2) is 29.0 Å². The molecule has 0 radical (unpaired) electrons. The van der Waals surface area contributed by atoms with E-state index in [0.717, 1.165) is 0 Å². The number of nitrogens with zero attached hydrogens (tertiary/aromatic N) is 1. The van der Waals surface area contributed by atoms with Crippen LogP contribution in [-0.2, 0) is 0 Å². The van der Waals surface area contributed by atoms with Crippen molar-refractivity contribution < 1.29 is 0 Å². The van der Waals surface area contributed by atoms with Crippen LogP contribution in [0.2, 0.25) is 32.7 Å². The van der Waals surface area contributed by atoms with E-state index >= 15 is 0 Å². The summed E-state index contributed by atoms with van der Waals surface area (Å²) in [6.45, 7) is 12.1. The first-order valence-corrected chi connectivity index (χ1v) is 14.4. The average Bonchev–Trinajstić information content (AvgIpc) is 1.83. The van der Waals surface area contributed by atoms with Crippen molar-refractivity contribution in [3.63, 3.8) is 0 Å². The second kappa shape index (κ2) is 4.20. The molecule has 0 aliphatic rings. The van der Waals surface area contributed by atoms with Crippen molar-refractivity contribution in [1.29, 1.82) is 0 Å². The second-order valence-electron chi connectivity index (χ2n) is 3.74. The summed E-state index contributed by atoms with van der Waals surface area (Å²) < 4.78 is 2.56. The molecule has 5 heteroatoms. The summed E-state index contributed by atoms with van der Waals surface area (Å²) >= 11 is 3.72. The molecule has 0 aromatic heterocycles. The molecule has 0 aliphatic carbocycles. The maximum atomic E-state index is 3.72. The minimum absolute atomic E-state index is 0.264. The van der Waals surface area contributed by atoms with E-state index in [0.29, 0.717) is 0 Å². The maximum absolute atomic E-state index is 3.72. The van der Waals surface area contributed by atoms with Crippen molar-refractivity contribution in [3.8, 4) is 0 Å². The summed E-state index contributed by atoms with van der Waals surface area (Å²) in [5.74, 6) is 0. The Morgan fingerprint density at radius 1 is 1.40 bits per heavy atom.